The predicted molar refractivity (Wildman–Crippen MR) is 40.9 cm³/mol. The molecule has 0 aliphatic heterocycles. The second kappa shape index (κ2) is 1.97. The average Bonchev–Trinajstić information content (AvgIpc) is 1.74. The SMILES string of the molecule is COC1CC2(CC(C)C2)C1. The van der Waals surface area contributed by atoms with E-state index in [1.165, 1.54) is 25.7 Å². The van der Waals surface area contributed by atoms with E-state index in [0.29, 0.717) is 6.10 Å². The lowest BCUT2D eigenvalue weighted by atomic mass is 9.51. The molecule has 0 N–H and O–H groups in total. The van der Waals surface area contributed by atoms with E-state index in [0.717, 1.165) is 11.3 Å². The molecule has 0 heterocycles. The van der Waals surface area contributed by atoms with E-state index in [-0.39, 0.29) is 0 Å². The molecule has 2 aliphatic rings. The van der Waals surface area contributed by atoms with Crippen molar-refractivity contribution in [3.63, 3.8) is 0 Å². The van der Waals surface area contributed by atoms with E-state index in [9.17, 15) is 0 Å². The van der Waals surface area contributed by atoms with Gasteiger partial charge in [-0.2, -0.15) is 0 Å². The summed E-state index contributed by atoms with van der Waals surface area (Å²) in [6, 6.07) is 0. The van der Waals surface area contributed by atoms with Crippen molar-refractivity contribution in [2.24, 2.45) is 11.3 Å². The molecule has 1 heteroatoms. The Kier molecular flexibility index (Phi) is 1.31. The van der Waals surface area contributed by atoms with Gasteiger partial charge in [0.05, 0.1) is 6.10 Å². The molecule has 2 aliphatic carbocycles. The van der Waals surface area contributed by atoms with Gasteiger partial charge in [-0.15, -0.1) is 0 Å². The lowest BCUT2D eigenvalue weighted by molar-refractivity contribution is -0.122. The highest BCUT2D eigenvalue weighted by Gasteiger charge is 2.51. The Morgan fingerprint density at radius 3 is 2.20 bits per heavy atom. The zero-order chi connectivity index (χ0) is 7.19. The summed E-state index contributed by atoms with van der Waals surface area (Å²) in [5.41, 5.74) is 0.764. The Hall–Kier alpha value is -0.0400. The van der Waals surface area contributed by atoms with Crippen molar-refractivity contribution < 1.29 is 4.74 Å². The highest BCUT2D eigenvalue weighted by molar-refractivity contribution is 5.02. The summed E-state index contributed by atoms with van der Waals surface area (Å²) in [6.45, 7) is 2.35. The van der Waals surface area contributed by atoms with Gasteiger partial charge in [-0.05, 0) is 37.0 Å². The van der Waals surface area contributed by atoms with Gasteiger partial charge in [0.1, 0.15) is 0 Å². The highest BCUT2D eigenvalue weighted by atomic mass is 16.5. The third kappa shape index (κ3) is 0.800. The van der Waals surface area contributed by atoms with E-state index in [4.69, 9.17) is 4.74 Å². The van der Waals surface area contributed by atoms with E-state index >= 15 is 0 Å². The smallest absolute Gasteiger partial charge is 0.0582 e. The summed E-state index contributed by atoms with van der Waals surface area (Å²) in [5, 5.41) is 0. The normalized spacial score (nSPS) is 52.2. The molecule has 58 valence electrons. The third-order valence-corrected chi connectivity index (χ3v) is 3.22. The van der Waals surface area contributed by atoms with Gasteiger partial charge in [-0.1, -0.05) is 6.92 Å². The summed E-state index contributed by atoms with van der Waals surface area (Å²) >= 11 is 0. The Morgan fingerprint density at radius 2 is 1.80 bits per heavy atom. The van der Waals surface area contributed by atoms with Crippen molar-refractivity contribution in [3.8, 4) is 0 Å². The molecule has 0 unspecified atom stereocenters. The molecule has 0 radical (unpaired) electrons. The first-order valence-electron chi connectivity index (χ1n) is 4.27. The fourth-order valence-electron chi connectivity index (χ4n) is 2.82. The lowest BCUT2D eigenvalue weighted by Gasteiger charge is -2.56. The van der Waals surface area contributed by atoms with Crippen LogP contribution in [0.2, 0.25) is 0 Å². The molecule has 2 fully saturated rings. The Balaban J connectivity index is 1.80. The van der Waals surface area contributed by atoms with Crippen molar-refractivity contribution in [1.82, 2.24) is 0 Å². The van der Waals surface area contributed by atoms with Crippen LogP contribution in [0.25, 0.3) is 0 Å². The molecule has 0 amide bonds. The average molecular weight is 140 g/mol. The zero-order valence-electron chi connectivity index (χ0n) is 6.89. The van der Waals surface area contributed by atoms with Gasteiger partial charge in [0.25, 0.3) is 0 Å². The second-order valence-corrected chi connectivity index (χ2v) is 4.28. The molecule has 0 bridgehead atoms. The molecule has 2 saturated carbocycles. The number of hydrogen-bond donors (Lipinski definition) is 0. The van der Waals surface area contributed by atoms with E-state index in [2.05, 4.69) is 6.92 Å². The fourth-order valence-corrected chi connectivity index (χ4v) is 2.82. The van der Waals surface area contributed by atoms with Crippen LogP contribution < -0.4 is 0 Å². The van der Waals surface area contributed by atoms with Crippen LogP contribution in [0.4, 0.5) is 0 Å². The van der Waals surface area contributed by atoms with E-state index in [1.807, 2.05) is 7.11 Å². The van der Waals surface area contributed by atoms with Crippen LogP contribution in [0, 0.1) is 11.3 Å². The molecular weight excluding hydrogens is 124 g/mol. The molecule has 0 atom stereocenters. The maximum absolute atomic E-state index is 5.25. The molecule has 2 rings (SSSR count). The predicted octanol–water partition coefficient (Wildman–Crippen LogP) is 2.21. The van der Waals surface area contributed by atoms with Gasteiger partial charge in [-0.3, -0.25) is 0 Å². The van der Waals surface area contributed by atoms with Gasteiger partial charge in [-0.25, -0.2) is 0 Å². The molecule has 1 nitrogen and oxygen atoms in total. The molecule has 0 aromatic carbocycles. The summed E-state index contributed by atoms with van der Waals surface area (Å²) in [7, 11) is 1.83. The molecule has 1 spiro atoms. The van der Waals surface area contributed by atoms with Crippen LogP contribution in [0.1, 0.15) is 32.6 Å². The summed E-state index contributed by atoms with van der Waals surface area (Å²) < 4.78 is 5.25. The first kappa shape index (κ1) is 6.66. The Morgan fingerprint density at radius 1 is 1.20 bits per heavy atom. The van der Waals surface area contributed by atoms with Gasteiger partial charge >= 0.3 is 0 Å². The largest absolute Gasteiger partial charge is 0.381 e. The maximum atomic E-state index is 5.25. The van der Waals surface area contributed by atoms with Crippen molar-refractivity contribution in [2.75, 3.05) is 7.11 Å². The van der Waals surface area contributed by atoms with Crippen molar-refractivity contribution >= 4 is 0 Å². The van der Waals surface area contributed by atoms with Crippen molar-refractivity contribution in [2.45, 2.75) is 38.7 Å². The second-order valence-electron chi connectivity index (χ2n) is 4.28. The number of methoxy groups -OCH3 is 1. The van der Waals surface area contributed by atoms with Gasteiger partial charge < -0.3 is 4.74 Å². The summed E-state index contributed by atoms with van der Waals surface area (Å²) in [4.78, 5) is 0. The van der Waals surface area contributed by atoms with Crippen LogP contribution in [-0.4, -0.2) is 13.2 Å². The number of ether oxygens (including phenoxy) is 1. The van der Waals surface area contributed by atoms with E-state index in [1.54, 1.807) is 0 Å². The molecule has 0 aromatic heterocycles. The monoisotopic (exact) mass is 140 g/mol. The van der Waals surface area contributed by atoms with Gasteiger partial charge in [0, 0.05) is 7.11 Å². The van der Waals surface area contributed by atoms with Gasteiger partial charge in [0.2, 0.25) is 0 Å². The molecule has 0 saturated heterocycles. The Bertz CT molecular complexity index is 128. The summed E-state index contributed by atoms with van der Waals surface area (Å²) in [6.07, 6.45) is 6.22. The highest BCUT2D eigenvalue weighted by Crippen LogP contribution is 2.59. The first-order chi connectivity index (χ1) is 4.74. The minimum Gasteiger partial charge on any atom is -0.381 e. The zero-order valence-corrected chi connectivity index (χ0v) is 6.89. The Labute approximate surface area is 62.8 Å². The first-order valence-corrected chi connectivity index (χ1v) is 4.27. The molecule has 10 heavy (non-hydrogen) atoms. The lowest BCUT2D eigenvalue weighted by Crippen LogP contribution is -2.49. The van der Waals surface area contributed by atoms with Crippen LogP contribution in [-0.2, 0) is 4.74 Å². The topological polar surface area (TPSA) is 9.23 Å². The van der Waals surface area contributed by atoms with Crippen LogP contribution >= 0.6 is 0 Å². The van der Waals surface area contributed by atoms with Crippen molar-refractivity contribution in [3.05, 3.63) is 0 Å². The minimum absolute atomic E-state index is 0.604. The summed E-state index contributed by atoms with van der Waals surface area (Å²) in [5.74, 6) is 0.998. The van der Waals surface area contributed by atoms with Gasteiger partial charge in [0.15, 0.2) is 0 Å². The molecule has 0 aromatic rings. The van der Waals surface area contributed by atoms with Crippen molar-refractivity contribution in [1.29, 1.82) is 0 Å². The third-order valence-electron chi connectivity index (χ3n) is 3.22. The number of rotatable bonds is 1. The quantitative estimate of drug-likeness (QED) is 0.542. The number of hydrogen-bond acceptors (Lipinski definition) is 1. The van der Waals surface area contributed by atoms with E-state index < -0.39 is 0 Å². The molecular formula is C9H16O. The standard InChI is InChI=1S/C9H16O/c1-7-3-9(4-7)5-8(6-9)10-2/h7-8H,3-6H2,1-2H3. The fraction of sp³-hybridized carbons (Fsp3) is 1.00. The van der Waals surface area contributed by atoms with Crippen LogP contribution in [0.5, 0.6) is 0 Å². The van der Waals surface area contributed by atoms with Crippen LogP contribution in [0.3, 0.4) is 0 Å². The van der Waals surface area contributed by atoms with Crippen LogP contribution in [0.15, 0.2) is 0 Å². The minimum atomic E-state index is 0.604. The maximum Gasteiger partial charge on any atom is 0.0582 e.